The number of nitrogens with one attached hydrogen (secondary N) is 1. The van der Waals surface area contributed by atoms with E-state index in [-0.39, 0.29) is 30.0 Å². The first-order valence-corrected chi connectivity index (χ1v) is 13.6. The highest BCUT2D eigenvalue weighted by atomic mass is 32.1. The minimum Gasteiger partial charge on any atom is -0.350 e. The summed E-state index contributed by atoms with van der Waals surface area (Å²) in [6.45, 7) is 6.85. The van der Waals surface area contributed by atoms with Crippen molar-refractivity contribution in [2.45, 2.75) is 45.8 Å². The van der Waals surface area contributed by atoms with Gasteiger partial charge in [-0.05, 0) is 68.2 Å². The maximum atomic E-state index is 14.0. The molecule has 2 heterocycles. The largest absolute Gasteiger partial charge is 0.416 e. The Hall–Kier alpha value is -3.20. The summed E-state index contributed by atoms with van der Waals surface area (Å²) < 4.78 is 39.4. The molecule has 2 aliphatic rings. The maximum absolute atomic E-state index is 14.0. The molecule has 2 aromatic carbocycles. The minimum absolute atomic E-state index is 0.0519. The van der Waals surface area contributed by atoms with Crippen LogP contribution in [0.1, 0.15) is 56.7 Å². The number of halogens is 3. The van der Waals surface area contributed by atoms with Crippen molar-refractivity contribution < 1.29 is 22.8 Å². The molecule has 0 bridgehead atoms. The van der Waals surface area contributed by atoms with Crippen molar-refractivity contribution in [2.75, 3.05) is 13.1 Å². The van der Waals surface area contributed by atoms with Crippen LogP contribution in [-0.2, 0) is 6.18 Å². The average Bonchev–Trinajstić information content (AvgIpc) is 3.53. The lowest BCUT2D eigenvalue weighted by Gasteiger charge is -2.28. The molecule has 1 aromatic heterocycles. The van der Waals surface area contributed by atoms with Crippen molar-refractivity contribution in [2.24, 2.45) is 17.8 Å². The summed E-state index contributed by atoms with van der Waals surface area (Å²) in [5, 5.41) is 3.62. The van der Waals surface area contributed by atoms with Crippen molar-refractivity contribution in [1.82, 2.24) is 15.2 Å². The SMILES string of the molecule is Cc1cccc(-c2sc(C)nc2C(=O)N2C[C@@H]3CC(C)CC3[C@H]2CNC(=O)c2cccc(C(F)(F)F)c2)c1. The maximum Gasteiger partial charge on any atom is 0.416 e. The van der Waals surface area contributed by atoms with Gasteiger partial charge >= 0.3 is 6.18 Å². The Labute approximate surface area is 224 Å². The quantitative estimate of drug-likeness (QED) is 0.409. The van der Waals surface area contributed by atoms with Crippen LogP contribution in [0.5, 0.6) is 0 Å². The zero-order chi connectivity index (χ0) is 27.2. The smallest absolute Gasteiger partial charge is 0.350 e. The average molecular weight is 542 g/mol. The molecule has 1 saturated heterocycles. The minimum atomic E-state index is -4.53. The highest BCUT2D eigenvalue weighted by Crippen LogP contribution is 2.46. The van der Waals surface area contributed by atoms with Gasteiger partial charge in [0.2, 0.25) is 0 Å². The third-order valence-corrected chi connectivity index (χ3v) is 8.73. The molecule has 0 spiro atoms. The summed E-state index contributed by atoms with van der Waals surface area (Å²) in [4.78, 5) is 34.1. The third-order valence-electron chi connectivity index (χ3n) is 7.71. The van der Waals surface area contributed by atoms with Gasteiger partial charge in [0, 0.05) is 18.7 Å². The second-order valence-corrected chi connectivity index (χ2v) is 11.8. The van der Waals surface area contributed by atoms with Crippen molar-refractivity contribution in [3.63, 3.8) is 0 Å². The fraction of sp³-hybridized carbons (Fsp3) is 0.414. The van der Waals surface area contributed by atoms with E-state index >= 15 is 0 Å². The molecule has 9 heteroatoms. The molecule has 0 radical (unpaired) electrons. The number of fused-ring (bicyclic) bond motifs is 1. The van der Waals surface area contributed by atoms with E-state index in [0.717, 1.165) is 46.0 Å². The molecule has 2 amide bonds. The number of benzene rings is 2. The van der Waals surface area contributed by atoms with Crippen LogP contribution >= 0.6 is 11.3 Å². The molecule has 1 aliphatic carbocycles. The van der Waals surface area contributed by atoms with E-state index in [4.69, 9.17) is 0 Å². The van der Waals surface area contributed by atoms with Crippen LogP contribution in [-0.4, -0.2) is 40.8 Å². The summed E-state index contributed by atoms with van der Waals surface area (Å²) in [5.41, 5.74) is 1.53. The monoisotopic (exact) mass is 541 g/mol. The van der Waals surface area contributed by atoms with Gasteiger partial charge in [0.25, 0.3) is 11.8 Å². The number of amides is 2. The Bertz CT molecular complexity index is 1370. The topological polar surface area (TPSA) is 62.3 Å². The second-order valence-electron chi connectivity index (χ2n) is 10.6. The summed E-state index contributed by atoms with van der Waals surface area (Å²) in [6, 6.07) is 12.1. The fourth-order valence-electron chi connectivity index (χ4n) is 6.07. The predicted molar refractivity (Wildman–Crippen MR) is 141 cm³/mol. The van der Waals surface area contributed by atoms with Gasteiger partial charge in [-0.1, -0.05) is 42.8 Å². The molecule has 38 heavy (non-hydrogen) atoms. The molecule has 2 unspecified atom stereocenters. The van der Waals surface area contributed by atoms with Crippen molar-refractivity contribution >= 4 is 23.2 Å². The summed E-state index contributed by atoms with van der Waals surface area (Å²) in [5.74, 6) is 0.326. The van der Waals surface area contributed by atoms with Crippen LogP contribution in [0, 0.1) is 31.6 Å². The Kier molecular flexibility index (Phi) is 7.07. The Morgan fingerprint density at radius 3 is 2.61 bits per heavy atom. The molecule has 1 saturated carbocycles. The molecule has 4 atom stereocenters. The van der Waals surface area contributed by atoms with Gasteiger partial charge in [0.1, 0.15) is 5.69 Å². The van der Waals surface area contributed by atoms with Crippen LogP contribution in [0.25, 0.3) is 10.4 Å². The van der Waals surface area contributed by atoms with E-state index in [1.807, 2.05) is 43.0 Å². The van der Waals surface area contributed by atoms with Crippen LogP contribution in [0.4, 0.5) is 13.2 Å². The zero-order valence-corrected chi connectivity index (χ0v) is 22.3. The van der Waals surface area contributed by atoms with Gasteiger partial charge in [0.05, 0.1) is 21.5 Å². The van der Waals surface area contributed by atoms with Gasteiger partial charge in [0.15, 0.2) is 0 Å². The van der Waals surface area contributed by atoms with Crippen molar-refractivity contribution in [3.05, 3.63) is 75.9 Å². The number of rotatable bonds is 5. The Balaban J connectivity index is 1.39. The first kappa shape index (κ1) is 26.4. The lowest BCUT2D eigenvalue weighted by atomic mass is 9.93. The second kappa shape index (κ2) is 10.2. The number of thiazole rings is 1. The predicted octanol–water partition coefficient (Wildman–Crippen LogP) is 6.36. The number of alkyl halides is 3. The third kappa shape index (κ3) is 5.21. The van der Waals surface area contributed by atoms with Gasteiger partial charge < -0.3 is 10.2 Å². The van der Waals surface area contributed by atoms with E-state index in [2.05, 4.69) is 17.2 Å². The standard InChI is InChI=1S/C29H30F3N3O2S/c1-16-6-4-7-19(10-16)26-25(34-18(3)38-26)28(37)35-15-21-11-17(2)12-23(21)24(35)14-33-27(36)20-8-5-9-22(13-20)29(30,31)32/h4-10,13,17,21,23-24H,11-12,14-15H2,1-3H3,(H,33,36)/t17?,21-,23?,24+/m0/s1. The van der Waals surface area contributed by atoms with E-state index in [1.54, 1.807) is 0 Å². The van der Waals surface area contributed by atoms with Crippen LogP contribution in [0.3, 0.4) is 0 Å². The number of aryl methyl sites for hydroxylation is 2. The summed E-state index contributed by atoms with van der Waals surface area (Å²) in [7, 11) is 0. The molecule has 2 fully saturated rings. The van der Waals surface area contributed by atoms with Gasteiger partial charge in [-0.2, -0.15) is 13.2 Å². The fourth-order valence-corrected chi connectivity index (χ4v) is 6.97. The van der Waals surface area contributed by atoms with Crippen molar-refractivity contribution in [3.8, 4) is 10.4 Å². The number of aromatic nitrogens is 1. The molecule has 1 N–H and O–H groups in total. The number of hydrogen-bond donors (Lipinski definition) is 1. The van der Waals surface area contributed by atoms with Crippen LogP contribution in [0.15, 0.2) is 48.5 Å². The Morgan fingerprint density at radius 1 is 1.11 bits per heavy atom. The summed E-state index contributed by atoms with van der Waals surface area (Å²) >= 11 is 1.48. The van der Waals surface area contributed by atoms with Crippen molar-refractivity contribution in [1.29, 1.82) is 0 Å². The zero-order valence-electron chi connectivity index (χ0n) is 21.5. The lowest BCUT2D eigenvalue weighted by molar-refractivity contribution is -0.137. The number of nitrogens with zero attached hydrogens (tertiary/aromatic N) is 2. The normalized spacial score (nSPS) is 22.9. The van der Waals surface area contributed by atoms with Gasteiger partial charge in [-0.15, -0.1) is 11.3 Å². The van der Waals surface area contributed by atoms with Crippen LogP contribution in [0.2, 0.25) is 0 Å². The van der Waals surface area contributed by atoms with E-state index in [9.17, 15) is 22.8 Å². The first-order chi connectivity index (χ1) is 18.0. The lowest BCUT2D eigenvalue weighted by Crippen LogP contribution is -2.46. The van der Waals surface area contributed by atoms with Gasteiger partial charge in [-0.3, -0.25) is 9.59 Å². The molecule has 1 aliphatic heterocycles. The van der Waals surface area contributed by atoms with E-state index in [1.165, 1.54) is 23.5 Å². The molecule has 3 aromatic rings. The molecule has 200 valence electrons. The molecular formula is C29H30F3N3O2S. The highest BCUT2D eigenvalue weighted by Gasteiger charge is 2.48. The van der Waals surface area contributed by atoms with E-state index < -0.39 is 17.6 Å². The number of carbonyl (C=O) groups excluding carboxylic acids is 2. The molecule has 5 nitrogen and oxygen atoms in total. The number of hydrogen-bond acceptors (Lipinski definition) is 4. The molecular weight excluding hydrogens is 511 g/mol. The highest BCUT2D eigenvalue weighted by molar-refractivity contribution is 7.15. The van der Waals surface area contributed by atoms with Gasteiger partial charge in [-0.25, -0.2) is 4.98 Å². The number of carbonyl (C=O) groups is 2. The molecule has 5 rings (SSSR count). The van der Waals surface area contributed by atoms with Crippen LogP contribution < -0.4 is 5.32 Å². The summed E-state index contributed by atoms with van der Waals surface area (Å²) in [6.07, 6.45) is -2.58. The number of likely N-dealkylation sites (tertiary alicyclic amines) is 1. The first-order valence-electron chi connectivity index (χ1n) is 12.8. The van der Waals surface area contributed by atoms with E-state index in [0.29, 0.717) is 24.1 Å². The Morgan fingerprint density at radius 2 is 1.87 bits per heavy atom.